The van der Waals surface area contributed by atoms with Crippen molar-refractivity contribution in [3.63, 3.8) is 0 Å². The Kier molecular flexibility index (Phi) is 4.65. The van der Waals surface area contributed by atoms with Crippen LogP contribution in [0.15, 0.2) is 12.1 Å². The average molecular weight is 288 g/mol. The summed E-state index contributed by atoms with van der Waals surface area (Å²) >= 11 is 0. The van der Waals surface area contributed by atoms with Crippen LogP contribution < -0.4 is 0 Å². The first-order valence-electron chi connectivity index (χ1n) is 7.38. The molecule has 20 heavy (non-hydrogen) atoms. The fourth-order valence-electron chi connectivity index (χ4n) is 2.38. The van der Waals surface area contributed by atoms with Crippen molar-refractivity contribution >= 4 is 8.70 Å². The minimum atomic E-state index is 0.0896. The van der Waals surface area contributed by atoms with Gasteiger partial charge >= 0.3 is 127 Å². The minimum absolute atomic E-state index is 0.0896. The summed E-state index contributed by atoms with van der Waals surface area (Å²) in [4.78, 5) is 0. The van der Waals surface area contributed by atoms with Gasteiger partial charge in [0.1, 0.15) is 0 Å². The number of rotatable bonds is 0. The number of benzene rings is 1. The molecular formula is C19H29P. The Morgan fingerprint density at radius 3 is 1.25 bits per heavy atom. The van der Waals surface area contributed by atoms with Crippen molar-refractivity contribution in [2.45, 2.75) is 78.6 Å². The topological polar surface area (TPSA) is 0 Å². The van der Waals surface area contributed by atoms with Crippen LogP contribution in [0.2, 0.25) is 0 Å². The molecule has 0 aromatic heterocycles. The fourth-order valence-corrected chi connectivity index (χ4v) is 2.62. The quantitative estimate of drug-likeness (QED) is 0.492. The van der Waals surface area contributed by atoms with Gasteiger partial charge in [-0.25, -0.2) is 0 Å². The summed E-state index contributed by atoms with van der Waals surface area (Å²) in [6.45, 7) is 20.4. The molecule has 0 amide bonds. The molecule has 0 N–H and O–H groups in total. The van der Waals surface area contributed by atoms with Crippen LogP contribution in [-0.2, 0) is 16.2 Å². The third-order valence-electron chi connectivity index (χ3n) is 3.73. The zero-order valence-corrected chi connectivity index (χ0v) is 15.5. The monoisotopic (exact) mass is 288 g/mol. The van der Waals surface area contributed by atoms with Crippen LogP contribution in [-0.4, -0.2) is 0 Å². The van der Waals surface area contributed by atoms with E-state index in [0.29, 0.717) is 0 Å². The number of hydrogen-bond donors (Lipinski definition) is 0. The van der Waals surface area contributed by atoms with Crippen molar-refractivity contribution in [2.75, 3.05) is 0 Å². The Morgan fingerprint density at radius 1 is 0.700 bits per heavy atom. The first-order valence-corrected chi connectivity index (χ1v) is 7.83. The fraction of sp³-hybridized carbons (Fsp3) is 0.632. The van der Waals surface area contributed by atoms with Gasteiger partial charge in [-0.2, -0.15) is 0 Å². The van der Waals surface area contributed by atoms with E-state index in [0.717, 1.165) is 0 Å². The Labute approximate surface area is 127 Å². The van der Waals surface area contributed by atoms with Gasteiger partial charge in [-0.1, -0.05) is 0 Å². The Hall–Kier alpha value is -0.570. The van der Waals surface area contributed by atoms with Gasteiger partial charge in [0.25, 0.3) is 0 Å². The van der Waals surface area contributed by atoms with E-state index in [1.165, 1.54) is 22.3 Å². The third kappa shape index (κ3) is 3.75. The van der Waals surface area contributed by atoms with Crippen molar-refractivity contribution in [2.24, 2.45) is 0 Å². The molecule has 0 aliphatic heterocycles. The molecule has 1 aromatic rings. The summed E-state index contributed by atoms with van der Waals surface area (Å²) in [6, 6.07) is 4.68. The first-order chi connectivity index (χ1) is 8.78. The van der Waals surface area contributed by atoms with Gasteiger partial charge in [0.05, 0.1) is 0 Å². The summed E-state index contributed by atoms with van der Waals surface area (Å²) in [7, 11) is 4.37. The summed E-state index contributed by atoms with van der Waals surface area (Å²) < 4.78 is 0. The molecule has 0 bridgehead atoms. The molecule has 0 spiro atoms. The van der Waals surface area contributed by atoms with E-state index < -0.39 is 0 Å². The van der Waals surface area contributed by atoms with Crippen LogP contribution in [0.25, 0.3) is 0 Å². The molecule has 0 saturated heterocycles. The Morgan fingerprint density at radius 2 is 1.05 bits per heavy atom. The van der Waals surface area contributed by atoms with Gasteiger partial charge in [0, 0.05) is 0 Å². The summed E-state index contributed by atoms with van der Waals surface area (Å²) in [5, 5.41) is 0. The Balaban J connectivity index is 3.81. The summed E-state index contributed by atoms with van der Waals surface area (Å²) in [6.07, 6.45) is 0. The Bertz CT molecular complexity index is 502. The van der Waals surface area contributed by atoms with E-state index in [1.54, 1.807) is 0 Å². The molecule has 0 aliphatic rings. The van der Waals surface area contributed by atoms with Crippen LogP contribution in [0, 0.1) is 5.63 Å². The van der Waals surface area contributed by atoms with E-state index in [2.05, 4.69) is 88.8 Å². The zero-order chi connectivity index (χ0) is 15.9. The van der Waals surface area contributed by atoms with Crippen LogP contribution in [0.5, 0.6) is 0 Å². The second-order valence-electron chi connectivity index (χ2n) is 8.81. The SMILES string of the molecule is CC(C)(C)c1cc(C(C)(C)C)c(C#P)c(C(C)(C)C)c1. The van der Waals surface area contributed by atoms with Gasteiger partial charge in [-0.05, 0) is 0 Å². The van der Waals surface area contributed by atoms with Gasteiger partial charge in [-0.15, -0.1) is 0 Å². The zero-order valence-electron chi connectivity index (χ0n) is 14.6. The molecule has 0 fully saturated rings. The standard InChI is InChI=1S/C19H29P/c1-17(2,3)13-10-15(18(4,5)6)14(12-20)16(11-13)19(7,8)9/h10-11H,1-9H3. The molecule has 0 heterocycles. The van der Waals surface area contributed by atoms with E-state index in [4.69, 9.17) is 0 Å². The maximum absolute atomic E-state index is 4.37. The van der Waals surface area contributed by atoms with Crippen LogP contribution >= 0.6 is 8.70 Å². The van der Waals surface area contributed by atoms with E-state index in [1.807, 2.05) is 0 Å². The van der Waals surface area contributed by atoms with Crippen molar-refractivity contribution < 1.29 is 0 Å². The van der Waals surface area contributed by atoms with Crippen LogP contribution in [0.1, 0.15) is 84.6 Å². The number of hydrogen-bond acceptors (Lipinski definition) is 0. The summed E-state index contributed by atoms with van der Waals surface area (Å²) in [5.41, 5.74) is 8.71. The van der Waals surface area contributed by atoms with Crippen molar-refractivity contribution in [1.29, 1.82) is 0 Å². The maximum atomic E-state index is 4.37. The second kappa shape index (κ2) is 5.32. The van der Waals surface area contributed by atoms with Crippen molar-refractivity contribution in [1.82, 2.24) is 0 Å². The molecule has 0 unspecified atom stereocenters. The average Bonchev–Trinajstić information content (AvgIpc) is 2.23. The van der Waals surface area contributed by atoms with Gasteiger partial charge in [0.2, 0.25) is 0 Å². The van der Waals surface area contributed by atoms with Crippen molar-refractivity contribution in [3.8, 4) is 5.63 Å². The molecule has 1 rings (SSSR count). The predicted octanol–water partition coefficient (Wildman–Crippen LogP) is 6.30. The van der Waals surface area contributed by atoms with Gasteiger partial charge in [-0.3, -0.25) is 0 Å². The molecule has 0 aliphatic carbocycles. The third-order valence-corrected chi connectivity index (χ3v) is 3.96. The molecule has 1 heteroatoms. The van der Waals surface area contributed by atoms with Gasteiger partial charge in [0.15, 0.2) is 0 Å². The molecule has 0 nitrogen and oxygen atoms in total. The van der Waals surface area contributed by atoms with E-state index >= 15 is 0 Å². The van der Waals surface area contributed by atoms with E-state index in [9.17, 15) is 0 Å². The van der Waals surface area contributed by atoms with Crippen LogP contribution in [0.4, 0.5) is 0 Å². The van der Waals surface area contributed by atoms with Gasteiger partial charge < -0.3 is 0 Å². The van der Waals surface area contributed by atoms with Crippen LogP contribution in [0.3, 0.4) is 0 Å². The normalized spacial score (nSPS) is 13.2. The van der Waals surface area contributed by atoms with E-state index in [-0.39, 0.29) is 16.2 Å². The second-order valence-corrected chi connectivity index (χ2v) is 9.03. The molecule has 0 saturated carbocycles. The molecule has 110 valence electrons. The first kappa shape index (κ1) is 17.5. The predicted molar refractivity (Wildman–Crippen MR) is 92.5 cm³/mol. The molecule has 0 atom stereocenters. The molecule has 1 aromatic carbocycles. The molecule has 0 radical (unpaired) electrons. The summed E-state index contributed by atoms with van der Waals surface area (Å²) in [5.74, 6) is 0. The van der Waals surface area contributed by atoms with Crippen molar-refractivity contribution in [3.05, 3.63) is 34.4 Å². The molecular weight excluding hydrogens is 259 g/mol.